The van der Waals surface area contributed by atoms with Crippen molar-refractivity contribution in [2.45, 2.75) is 31.8 Å². The minimum absolute atomic E-state index is 0.397. The fraction of sp³-hybridized carbons (Fsp3) is 0.462. The minimum atomic E-state index is -1.54. The molecule has 1 aliphatic carbocycles. The monoisotopic (exact) mass is 314 g/mol. The van der Waals surface area contributed by atoms with E-state index in [0.717, 1.165) is 36.8 Å². The Labute approximate surface area is 114 Å². The molecule has 0 aliphatic heterocycles. The van der Waals surface area contributed by atoms with E-state index in [2.05, 4.69) is 15.9 Å². The van der Waals surface area contributed by atoms with E-state index in [1.165, 1.54) is 7.11 Å². The van der Waals surface area contributed by atoms with Gasteiger partial charge in [-0.2, -0.15) is 0 Å². The number of rotatable bonds is 3. The standard InChI is InChI=1S/C13H15BrO4/c1-18-12-9(14)6-7-4-2-3-5-8(7)10(12)11(15)13(16)17/h6,11,15H,2-5H2,1H3,(H,16,17). The molecule has 0 bridgehead atoms. The number of hydrogen-bond donors (Lipinski definition) is 2. The van der Waals surface area contributed by atoms with Crippen molar-refractivity contribution in [3.8, 4) is 5.75 Å². The molecule has 0 aromatic heterocycles. The topological polar surface area (TPSA) is 66.8 Å². The molecule has 0 spiro atoms. The highest BCUT2D eigenvalue weighted by atomic mass is 79.9. The van der Waals surface area contributed by atoms with Crippen LogP contribution in [0.2, 0.25) is 0 Å². The molecule has 2 N–H and O–H groups in total. The second-order valence-electron chi connectivity index (χ2n) is 4.39. The molecule has 0 amide bonds. The Morgan fingerprint density at radius 1 is 1.44 bits per heavy atom. The Morgan fingerprint density at radius 3 is 2.72 bits per heavy atom. The van der Waals surface area contributed by atoms with Crippen LogP contribution in [0.5, 0.6) is 5.75 Å². The molecular formula is C13H15BrO4. The summed E-state index contributed by atoms with van der Waals surface area (Å²) in [7, 11) is 1.48. The Bertz CT molecular complexity index is 484. The number of benzene rings is 1. The van der Waals surface area contributed by atoms with Crippen molar-refractivity contribution in [3.05, 3.63) is 27.2 Å². The van der Waals surface area contributed by atoms with Gasteiger partial charge in [-0.15, -0.1) is 0 Å². The zero-order chi connectivity index (χ0) is 13.3. The molecule has 1 aliphatic rings. The predicted molar refractivity (Wildman–Crippen MR) is 69.9 cm³/mol. The number of hydrogen-bond acceptors (Lipinski definition) is 3. The molecule has 5 heteroatoms. The van der Waals surface area contributed by atoms with Crippen LogP contribution in [0.3, 0.4) is 0 Å². The number of aryl methyl sites for hydroxylation is 1. The maximum Gasteiger partial charge on any atom is 0.337 e. The van der Waals surface area contributed by atoms with Crippen molar-refractivity contribution in [2.75, 3.05) is 7.11 Å². The van der Waals surface area contributed by atoms with Gasteiger partial charge in [0.15, 0.2) is 6.10 Å². The quantitative estimate of drug-likeness (QED) is 0.899. The van der Waals surface area contributed by atoms with Crippen molar-refractivity contribution in [2.24, 2.45) is 0 Å². The number of methoxy groups -OCH3 is 1. The van der Waals surface area contributed by atoms with E-state index in [-0.39, 0.29) is 0 Å². The van der Waals surface area contributed by atoms with Crippen LogP contribution in [-0.2, 0) is 17.6 Å². The lowest BCUT2D eigenvalue weighted by atomic mass is 9.86. The molecule has 1 unspecified atom stereocenters. The molecule has 1 aromatic rings. The van der Waals surface area contributed by atoms with E-state index in [0.29, 0.717) is 15.8 Å². The number of aliphatic hydroxyl groups is 1. The van der Waals surface area contributed by atoms with Crippen molar-refractivity contribution in [1.29, 1.82) is 0 Å². The Morgan fingerprint density at radius 2 is 2.11 bits per heavy atom. The van der Waals surface area contributed by atoms with Gasteiger partial charge >= 0.3 is 5.97 Å². The number of ether oxygens (including phenoxy) is 1. The number of aliphatic carboxylic acids is 1. The first-order valence-corrected chi connectivity index (χ1v) is 6.64. The van der Waals surface area contributed by atoms with Gasteiger partial charge in [-0.1, -0.05) is 0 Å². The van der Waals surface area contributed by atoms with Crippen LogP contribution in [0.4, 0.5) is 0 Å². The fourth-order valence-corrected chi connectivity index (χ4v) is 3.15. The first-order chi connectivity index (χ1) is 8.56. The zero-order valence-corrected chi connectivity index (χ0v) is 11.7. The SMILES string of the molecule is COc1c(Br)cc2c(c1C(O)C(=O)O)CCCC2. The molecule has 1 aromatic carbocycles. The summed E-state index contributed by atoms with van der Waals surface area (Å²) in [5.74, 6) is -0.829. The first-order valence-electron chi connectivity index (χ1n) is 5.85. The Kier molecular flexibility index (Phi) is 3.92. The maximum atomic E-state index is 11.0. The predicted octanol–water partition coefficient (Wildman–Crippen LogP) is 2.45. The Balaban J connectivity index is 2.65. The van der Waals surface area contributed by atoms with Gasteiger partial charge in [-0.25, -0.2) is 4.79 Å². The molecule has 18 heavy (non-hydrogen) atoms. The summed E-state index contributed by atoms with van der Waals surface area (Å²) in [4.78, 5) is 11.0. The summed E-state index contributed by atoms with van der Waals surface area (Å²) in [6, 6.07) is 1.96. The molecule has 0 saturated carbocycles. The number of halogens is 1. The molecule has 4 nitrogen and oxygen atoms in total. The van der Waals surface area contributed by atoms with Crippen LogP contribution in [0, 0.1) is 0 Å². The second kappa shape index (κ2) is 5.28. The van der Waals surface area contributed by atoms with E-state index in [1.807, 2.05) is 6.07 Å². The highest BCUT2D eigenvalue weighted by Gasteiger charge is 2.28. The molecule has 98 valence electrons. The van der Waals surface area contributed by atoms with Gasteiger partial charge in [-0.05, 0) is 58.8 Å². The van der Waals surface area contributed by atoms with Gasteiger partial charge in [0.25, 0.3) is 0 Å². The van der Waals surface area contributed by atoms with E-state index in [4.69, 9.17) is 9.84 Å². The highest BCUT2D eigenvalue weighted by molar-refractivity contribution is 9.10. The van der Waals surface area contributed by atoms with Crippen molar-refractivity contribution < 1.29 is 19.7 Å². The van der Waals surface area contributed by atoms with Gasteiger partial charge in [-0.3, -0.25) is 0 Å². The third-order valence-electron chi connectivity index (χ3n) is 3.31. The van der Waals surface area contributed by atoms with Crippen LogP contribution >= 0.6 is 15.9 Å². The average Bonchev–Trinajstić information content (AvgIpc) is 2.36. The zero-order valence-electron chi connectivity index (χ0n) is 10.1. The molecule has 0 heterocycles. The van der Waals surface area contributed by atoms with Crippen molar-refractivity contribution in [1.82, 2.24) is 0 Å². The lowest BCUT2D eigenvalue weighted by Gasteiger charge is -2.24. The van der Waals surface area contributed by atoms with Crippen LogP contribution in [-0.4, -0.2) is 23.3 Å². The lowest BCUT2D eigenvalue weighted by molar-refractivity contribution is -0.147. The van der Waals surface area contributed by atoms with E-state index < -0.39 is 12.1 Å². The fourth-order valence-electron chi connectivity index (χ4n) is 2.50. The molecule has 2 rings (SSSR count). The van der Waals surface area contributed by atoms with Gasteiger partial charge in [0.2, 0.25) is 0 Å². The van der Waals surface area contributed by atoms with Crippen LogP contribution in [0.1, 0.15) is 35.6 Å². The summed E-state index contributed by atoms with van der Waals surface area (Å²) in [6.07, 6.45) is 2.27. The smallest absolute Gasteiger partial charge is 0.337 e. The second-order valence-corrected chi connectivity index (χ2v) is 5.25. The van der Waals surface area contributed by atoms with Crippen molar-refractivity contribution >= 4 is 21.9 Å². The number of carbonyl (C=O) groups is 1. The third-order valence-corrected chi connectivity index (χ3v) is 3.90. The maximum absolute atomic E-state index is 11.0. The van der Waals surface area contributed by atoms with Gasteiger partial charge in [0, 0.05) is 5.56 Å². The average molecular weight is 315 g/mol. The minimum Gasteiger partial charge on any atom is -0.495 e. The van der Waals surface area contributed by atoms with E-state index in [9.17, 15) is 9.90 Å². The van der Waals surface area contributed by atoms with Crippen molar-refractivity contribution in [3.63, 3.8) is 0 Å². The van der Waals surface area contributed by atoms with Crippen LogP contribution in [0.15, 0.2) is 10.5 Å². The van der Waals surface area contributed by atoms with Gasteiger partial charge in [0.1, 0.15) is 5.75 Å². The summed E-state index contributed by atoms with van der Waals surface area (Å²) in [5.41, 5.74) is 2.43. The largest absolute Gasteiger partial charge is 0.495 e. The van der Waals surface area contributed by atoms with Crippen LogP contribution in [0.25, 0.3) is 0 Å². The molecule has 1 atom stereocenters. The first kappa shape index (κ1) is 13.4. The van der Waals surface area contributed by atoms with Gasteiger partial charge < -0.3 is 14.9 Å². The molecule has 0 saturated heterocycles. The summed E-state index contributed by atoms with van der Waals surface area (Å²) >= 11 is 3.37. The molecule has 0 fully saturated rings. The number of aliphatic hydroxyl groups excluding tert-OH is 1. The summed E-state index contributed by atoms with van der Waals surface area (Å²) < 4.78 is 5.94. The molecular weight excluding hydrogens is 300 g/mol. The van der Waals surface area contributed by atoms with Gasteiger partial charge in [0.05, 0.1) is 11.6 Å². The number of carboxylic acid groups (broad SMARTS) is 1. The Hall–Kier alpha value is -1.07. The number of fused-ring (bicyclic) bond motifs is 1. The van der Waals surface area contributed by atoms with E-state index >= 15 is 0 Å². The summed E-state index contributed by atoms with van der Waals surface area (Å²) in [6.45, 7) is 0. The number of carboxylic acids is 1. The highest BCUT2D eigenvalue weighted by Crippen LogP contribution is 2.40. The molecule has 0 radical (unpaired) electrons. The lowest BCUT2D eigenvalue weighted by Crippen LogP contribution is -2.17. The van der Waals surface area contributed by atoms with E-state index in [1.54, 1.807) is 0 Å². The van der Waals surface area contributed by atoms with Crippen LogP contribution < -0.4 is 4.74 Å². The summed E-state index contributed by atoms with van der Waals surface area (Å²) in [5, 5.41) is 18.9. The third kappa shape index (κ3) is 2.24. The normalized spacial score (nSPS) is 15.9.